The Morgan fingerprint density at radius 1 is 1.08 bits per heavy atom. The predicted octanol–water partition coefficient (Wildman–Crippen LogP) is 5.77. The van der Waals surface area contributed by atoms with Gasteiger partial charge in [-0.1, -0.05) is 17.7 Å². The number of pyridine rings is 1. The van der Waals surface area contributed by atoms with Crippen LogP contribution in [-0.4, -0.2) is 15.0 Å². The predicted molar refractivity (Wildman–Crippen MR) is 105 cm³/mol. The highest BCUT2D eigenvalue weighted by molar-refractivity contribution is 7.18. The summed E-state index contributed by atoms with van der Waals surface area (Å²) < 4.78 is 0. The highest BCUT2D eigenvalue weighted by Gasteiger charge is 2.12. The number of thiophene rings is 1. The monoisotopic (exact) mass is 366 g/mol. The van der Waals surface area contributed by atoms with Gasteiger partial charge in [-0.3, -0.25) is 4.98 Å². The molecule has 0 saturated heterocycles. The summed E-state index contributed by atoms with van der Waals surface area (Å²) in [5.74, 6) is 1.43. The van der Waals surface area contributed by atoms with Gasteiger partial charge in [0.15, 0.2) is 5.82 Å². The molecule has 124 valence electrons. The number of benzene rings is 1. The summed E-state index contributed by atoms with van der Waals surface area (Å²) in [6, 6.07) is 11.8. The Hall–Kier alpha value is -2.50. The van der Waals surface area contributed by atoms with E-state index >= 15 is 0 Å². The molecule has 0 amide bonds. The second kappa shape index (κ2) is 6.43. The lowest BCUT2D eigenvalue weighted by atomic mass is 10.2. The van der Waals surface area contributed by atoms with Gasteiger partial charge in [-0.25, -0.2) is 9.97 Å². The van der Waals surface area contributed by atoms with Crippen LogP contribution in [0.2, 0.25) is 5.02 Å². The molecule has 0 saturated carbocycles. The van der Waals surface area contributed by atoms with Crippen LogP contribution in [0.25, 0.3) is 21.6 Å². The van der Waals surface area contributed by atoms with E-state index in [2.05, 4.69) is 23.3 Å². The summed E-state index contributed by atoms with van der Waals surface area (Å²) in [5.41, 5.74) is 2.83. The number of anilines is 2. The van der Waals surface area contributed by atoms with E-state index in [-0.39, 0.29) is 0 Å². The number of nitrogens with one attached hydrogen (secondary N) is 1. The van der Waals surface area contributed by atoms with Gasteiger partial charge < -0.3 is 5.32 Å². The topological polar surface area (TPSA) is 50.7 Å². The molecule has 0 spiro atoms. The van der Waals surface area contributed by atoms with E-state index in [9.17, 15) is 0 Å². The zero-order chi connectivity index (χ0) is 17.4. The van der Waals surface area contributed by atoms with Crippen LogP contribution in [-0.2, 0) is 0 Å². The molecule has 4 nitrogen and oxygen atoms in total. The van der Waals surface area contributed by atoms with E-state index in [1.807, 2.05) is 37.3 Å². The van der Waals surface area contributed by atoms with Gasteiger partial charge >= 0.3 is 0 Å². The van der Waals surface area contributed by atoms with Crippen LogP contribution >= 0.6 is 22.9 Å². The first-order valence-electron chi connectivity index (χ1n) is 7.82. The second-order valence-electron chi connectivity index (χ2n) is 5.80. The average Bonchev–Trinajstić information content (AvgIpc) is 2.99. The fourth-order valence-corrected chi connectivity index (χ4v) is 3.63. The minimum absolute atomic E-state index is 0.656. The first kappa shape index (κ1) is 16.0. The lowest BCUT2D eigenvalue weighted by molar-refractivity contribution is 1.21. The summed E-state index contributed by atoms with van der Waals surface area (Å²) in [7, 11) is 0. The normalized spacial score (nSPS) is 11.0. The second-order valence-corrected chi connectivity index (χ2v) is 7.44. The summed E-state index contributed by atoms with van der Waals surface area (Å²) in [4.78, 5) is 15.7. The zero-order valence-corrected chi connectivity index (χ0v) is 15.3. The average molecular weight is 367 g/mol. The fraction of sp³-hybridized carbons (Fsp3) is 0.105. The van der Waals surface area contributed by atoms with Gasteiger partial charge in [-0.15, -0.1) is 11.3 Å². The van der Waals surface area contributed by atoms with E-state index in [1.54, 1.807) is 23.7 Å². The van der Waals surface area contributed by atoms with Crippen molar-refractivity contribution in [3.8, 4) is 11.4 Å². The van der Waals surface area contributed by atoms with Gasteiger partial charge in [0, 0.05) is 33.5 Å². The van der Waals surface area contributed by atoms with Crippen molar-refractivity contribution in [1.29, 1.82) is 0 Å². The maximum Gasteiger partial charge on any atom is 0.164 e. The summed E-state index contributed by atoms with van der Waals surface area (Å²) in [5, 5.41) is 5.12. The largest absolute Gasteiger partial charge is 0.340 e. The quantitative estimate of drug-likeness (QED) is 0.500. The molecule has 0 unspecified atom stereocenters. The van der Waals surface area contributed by atoms with E-state index < -0.39 is 0 Å². The first-order chi connectivity index (χ1) is 12.1. The third-order valence-electron chi connectivity index (χ3n) is 3.87. The minimum Gasteiger partial charge on any atom is -0.340 e. The molecular weight excluding hydrogens is 352 g/mol. The molecule has 3 aromatic heterocycles. The SMILES string of the molecule is Cc1cc2c(Nc3ccc(C)c(Cl)c3)nc(-c3cccnc3)nc2s1. The molecular formula is C19H15ClN4S. The molecule has 0 bridgehead atoms. The summed E-state index contributed by atoms with van der Waals surface area (Å²) >= 11 is 7.90. The number of halogens is 1. The smallest absolute Gasteiger partial charge is 0.164 e. The standard InChI is InChI=1S/C19H15ClN4S/c1-11-5-6-14(9-16(11)20)22-18-15-8-12(2)25-19(15)24-17(23-18)13-4-3-7-21-10-13/h3-10H,1-2H3,(H,22,23,24). The van der Waals surface area contributed by atoms with Crippen molar-refractivity contribution in [1.82, 2.24) is 15.0 Å². The molecule has 6 heteroatoms. The van der Waals surface area contributed by atoms with Gasteiger partial charge in [0.1, 0.15) is 10.6 Å². The van der Waals surface area contributed by atoms with Crippen molar-refractivity contribution in [3.05, 3.63) is 64.3 Å². The molecule has 0 aliphatic heterocycles. The highest BCUT2D eigenvalue weighted by Crippen LogP contribution is 2.33. The van der Waals surface area contributed by atoms with Crippen molar-refractivity contribution in [2.45, 2.75) is 13.8 Å². The van der Waals surface area contributed by atoms with E-state index in [1.165, 1.54) is 4.88 Å². The molecule has 3 heterocycles. The van der Waals surface area contributed by atoms with Crippen LogP contribution in [0.3, 0.4) is 0 Å². The van der Waals surface area contributed by atoms with Crippen LogP contribution in [0, 0.1) is 13.8 Å². The molecule has 25 heavy (non-hydrogen) atoms. The summed E-state index contributed by atoms with van der Waals surface area (Å²) in [6.07, 6.45) is 3.51. The minimum atomic E-state index is 0.656. The summed E-state index contributed by atoms with van der Waals surface area (Å²) in [6.45, 7) is 4.06. The number of nitrogens with zero attached hydrogens (tertiary/aromatic N) is 3. The Balaban J connectivity index is 1.84. The van der Waals surface area contributed by atoms with Crippen LogP contribution < -0.4 is 5.32 Å². The molecule has 0 aliphatic carbocycles. The third-order valence-corrected chi connectivity index (χ3v) is 5.22. The number of aryl methyl sites for hydroxylation is 2. The number of aromatic nitrogens is 3. The third kappa shape index (κ3) is 3.21. The van der Waals surface area contributed by atoms with Gasteiger partial charge in [-0.2, -0.15) is 0 Å². The van der Waals surface area contributed by atoms with E-state index in [4.69, 9.17) is 21.6 Å². The van der Waals surface area contributed by atoms with Crippen LogP contribution in [0.5, 0.6) is 0 Å². The number of rotatable bonds is 3. The molecule has 0 fully saturated rings. The van der Waals surface area contributed by atoms with Crippen molar-refractivity contribution < 1.29 is 0 Å². The molecule has 4 aromatic rings. The van der Waals surface area contributed by atoms with Crippen LogP contribution in [0.15, 0.2) is 48.8 Å². The molecule has 0 atom stereocenters. The fourth-order valence-electron chi connectivity index (χ4n) is 2.57. The van der Waals surface area contributed by atoms with Gasteiger partial charge in [0.2, 0.25) is 0 Å². The number of hydrogen-bond donors (Lipinski definition) is 1. The Morgan fingerprint density at radius 2 is 1.96 bits per heavy atom. The Kier molecular flexibility index (Phi) is 4.11. The van der Waals surface area contributed by atoms with E-state index in [0.717, 1.165) is 37.9 Å². The number of fused-ring (bicyclic) bond motifs is 1. The zero-order valence-electron chi connectivity index (χ0n) is 13.7. The molecule has 1 N–H and O–H groups in total. The van der Waals surface area contributed by atoms with E-state index in [0.29, 0.717) is 5.82 Å². The molecule has 4 rings (SSSR count). The Bertz CT molecular complexity index is 1060. The maximum atomic E-state index is 6.25. The van der Waals surface area contributed by atoms with Crippen molar-refractivity contribution in [2.24, 2.45) is 0 Å². The first-order valence-corrected chi connectivity index (χ1v) is 9.01. The van der Waals surface area contributed by atoms with Gasteiger partial charge in [-0.05, 0) is 49.7 Å². The van der Waals surface area contributed by atoms with Crippen molar-refractivity contribution >= 4 is 44.7 Å². The molecule has 1 aromatic carbocycles. The van der Waals surface area contributed by atoms with Crippen molar-refractivity contribution in [3.63, 3.8) is 0 Å². The van der Waals surface area contributed by atoms with Crippen molar-refractivity contribution in [2.75, 3.05) is 5.32 Å². The van der Waals surface area contributed by atoms with Gasteiger partial charge in [0.05, 0.1) is 5.39 Å². The maximum absolute atomic E-state index is 6.25. The highest BCUT2D eigenvalue weighted by atomic mass is 35.5. The Labute approximate surface area is 154 Å². The van der Waals surface area contributed by atoms with Crippen LogP contribution in [0.4, 0.5) is 11.5 Å². The molecule has 0 aliphatic rings. The van der Waals surface area contributed by atoms with Crippen LogP contribution in [0.1, 0.15) is 10.4 Å². The van der Waals surface area contributed by atoms with Gasteiger partial charge in [0.25, 0.3) is 0 Å². The Morgan fingerprint density at radius 3 is 2.72 bits per heavy atom. The lowest BCUT2D eigenvalue weighted by Crippen LogP contribution is -1.98. The lowest BCUT2D eigenvalue weighted by Gasteiger charge is -2.10. The number of hydrogen-bond acceptors (Lipinski definition) is 5. The molecule has 0 radical (unpaired) electrons.